The minimum Gasteiger partial charge on any atom is -0.326 e. The van der Waals surface area contributed by atoms with Crippen molar-refractivity contribution in [3.05, 3.63) is 57.0 Å². The summed E-state index contributed by atoms with van der Waals surface area (Å²) in [6.07, 6.45) is 0. The van der Waals surface area contributed by atoms with Crippen LogP contribution in [0.25, 0.3) is 11.1 Å². The van der Waals surface area contributed by atoms with E-state index in [-0.39, 0.29) is 12.1 Å². The molecule has 88 valence electrons. The van der Waals surface area contributed by atoms with Crippen LogP contribution < -0.4 is 11.3 Å². The Morgan fingerprint density at radius 2 is 1.94 bits per heavy atom. The van der Waals surface area contributed by atoms with E-state index in [9.17, 15) is 4.79 Å². The molecular weight excluding hydrogens is 236 g/mol. The highest BCUT2D eigenvalue weighted by Gasteiger charge is 2.06. The third-order valence-electron chi connectivity index (χ3n) is 2.69. The zero-order valence-corrected chi connectivity index (χ0v) is 10.2. The van der Waals surface area contributed by atoms with Crippen LogP contribution in [0.5, 0.6) is 0 Å². The standard InChI is InChI=1S/C13H13ClN2O/c1-8-12(6-10(7-15)13(17)16-8)9-2-4-11(14)5-3-9/h2-6H,7,15H2,1H3,(H,16,17). The molecule has 0 atom stereocenters. The van der Waals surface area contributed by atoms with Crippen molar-refractivity contribution in [2.45, 2.75) is 13.5 Å². The first-order valence-corrected chi connectivity index (χ1v) is 5.68. The number of halogens is 1. The molecule has 0 bridgehead atoms. The van der Waals surface area contributed by atoms with E-state index in [1.165, 1.54) is 0 Å². The van der Waals surface area contributed by atoms with Crippen LogP contribution in [0.15, 0.2) is 35.1 Å². The molecule has 1 aromatic heterocycles. The fourth-order valence-corrected chi connectivity index (χ4v) is 1.87. The number of hydrogen-bond acceptors (Lipinski definition) is 2. The lowest BCUT2D eigenvalue weighted by atomic mass is 10.0. The molecule has 2 rings (SSSR count). The second-order valence-corrected chi connectivity index (χ2v) is 4.31. The maximum Gasteiger partial charge on any atom is 0.252 e. The van der Waals surface area contributed by atoms with Crippen LogP contribution in [-0.4, -0.2) is 4.98 Å². The zero-order chi connectivity index (χ0) is 12.4. The lowest BCUT2D eigenvalue weighted by molar-refractivity contribution is 0.999. The molecule has 1 aromatic carbocycles. The Hall–Kier alpha value is -1.58. The maximum absolute atomic E-state index is 11.6. The third kappa shape index (κ3) is 2.40. The number of aryl methyl sites for hydroxylation is 1. The Balaban J connectivity index is 2.59. The van der Waals surface area contributed by atoms with Gasteiger partial charge in [0, 0.05) is 28.4 Å². The molecule has 2 aromatic rings. The lowest BCUT2D eigenvalue weighted by Gasteiger charge is -2.08. The largest absolute Gasteiger partial charge is 0.326 e. The zero-order valence-electron chi connectivity index (χ0n) is 9.46. The van der Waals surface area contributed by atoms with Gasteiger partial charge in [0.15, 0.2) is 0 Å². The summed E-state index contributed by atoms with van der Waals surface area (Å²) in [5, 5.41) is 0.690. The first-order valence-electron chi connectivity index (χ1n) is 5.30. The second-order valence-electron chi connectivity index (χ2n) is 3.87. The molecule has 0 aliphatic carbocycles. The normalized spacial score (nSPS) is 10.5. The number of nitrogens with one attached hydrogen (secondary N) is 1. The van der Waals surface area contributed by atoms with Crippen molar-refractivity contribution >= 4 is 11.6 Å². The SMILES string of the molecule is Cc1[nH]c(=O)c(CN)cc1-c1ccc(Cl)cc1. The molecule has 0 saturated carbocycles. The van der Waals surface area contributed by atoms with E-state index in [0.29, 0.717) is 10.6 Å². The number of aromatic nitrogens is 1. The van der Waals surface area contributed by atoms with E-state index in [1.807, 2.05) is 37.3 Å². The predicted molar refractivity (Wildman–Crippen MR) is 70.1 cm³/mol. The van der Waals surface area contributed by atoms with Gasteiger partial charge in [-0.25, -0.2) is 0 Å². The minimum atomic E-state index is -0.122. The summed E-state index contributed by atoms with van der Waals surface area (Å²) in [7, 11) is 0. The Morgan fingerprint density at radius 1 is 1.29 bits per heavy atom. The van der Waals surface area contributed by atoms with E-state index in [1.54, 1.807) is 0 Å². The summed E-state index contributed by atoms with van der Waals surface area (Å²) in [4.78, 5) is 14.4. The number of nitrogens with two attached hydrogens (primary N) is 1. The molecule has 17 heavy (non-hydrogen) atoms. The van der Waals surface area contributed by atoms with Crippen molar-refractivity contribution in [1.82, 2.24) is 4.98 Å². The van der Waals surface area contributed by atoms with Gasteiger partial charge in [0.2, 0.25) is 0 Å². The smallest absolute Gasteiger partial charge is 0.252 e. The van der Waals surface area contributed by atoms with Crippen LogP contribution in [0.1, 0.15) is 11.3 Å². The summed E-state index contributed by atoms with van der Waals surface area (Å²) < 4.78 is 0. The van der Waals surface area contributed by atoms with Gasteiger partial charge < -0.3 is 10.7 Å². The molecule has 3 N–H and O–H groups in total. The Labute approximate surface area is 104 Å². The highest BCUT2D eigenvalue weighted by molar-refractivity contribution is 6.30. The quantitative estimate of drug-likeness (QED) is 0.858. The molecule has 0 saturated heterocycles. The van der Waals surface area contributed by atoms with E-state index in [2.05, 4.69) is 4.98 Å². The van der Waals surface area contributed by atoms with Crippen LogP contribution in [0.2, 0.25) is 5.02 Å². The summed E-state index contributed by atoms with van der Waals surface area (Å²) in [6.45, 7) is 2.10. The summed E-state index contributed by atoms with van der Waals surface area (Å²) >= 11 is 5.84. The van der Waals surface area contributed by atoms with Crippen LogP contribution >= 0.6 is 11.6 Å². The van der Waals surface area contributed by atoms with Crippen LogP contribution in [0, 0.1) is 6.92 Å². The van der Waals surface area contributed by atoms with Crippen molar-refractivity contribution < 1.29 is 0 Å². The number of pyridine rings is 1. The number of hydrogen-bond donors (Lipinski definition) is 2. The predicted octanol–water partition coefficient (Wildman–Crippen LogP) is 2.46. The minimum absolute atomic E-state index is 0.122. The fraction of sp³-hybridized carbons (Fsp3) is 0.154. The van der Waals surface area contributed by atoms with Crippen LogP contribution in [-0.2, 0) is 6.54 Å². The Kier molecular flexibility index (Phi) is 3.31. The molecule has 4 heteroatoms. The molecule has 3 nitrogen and oxygen atoms in total. The molecule has 0 unspecified atom stereocenters. The number of H-pyrrole nitrogens is 1. The van der Waals surface area contributed by atoms with Crippen LogP contribution in [0.3, 0.4) is 0 Å². The first-order chi connectivity index (χ1) is 8.11. The van der Waals surface area contributed by atoms with Gasteiger partial charge in [-0.2, -0.15) is 0 Å². The molecule has 0 radical (unpaired) electrons. The average Bonchev–Trinajstić information content (AvgIpc) is 2.31. The van der Waals surface area contributed by atoms with E-state index in [4.69, 9.17) is 17.3 Å². The summed E-state index contributed by atoms with van der Waals surface area (Å²) in [5.41, 5.74) is 8.81. The van der Waals surface area contributed by atoms with Crippen molar-refractivity contribution in [1.29, 1.82) is 0 Å². The van der Waals surface area contributed by atoms with Crippen molar-refractivity contribution in [2.24, 2.45) is 5.73 Å². The highest BCUT2D eigenvalue weighted by atomic mass is 35.5. The fourth-order valence-electron chi connectivity index (χ4n) is 1.75. The molecule has 0 aliphatic rings. The molecule has 0 fully saturated rings. The van der Waals surface area contributed by atoms with Gasteiger partial charge in [0.25, 0.3) is 5.56 Å². The number of benzene rings is 1. The topological polar surface area (TPSA) is 58.9 Å². The van der Waals surface area contributed by atoms with Gasteiger partial charge in [-0.05, 0) is 30.7 Å². The van der Waals surface area contributed by atoms with Gasteiger partial charge in [0.05, 0.1) is 0 Å². The Morgan fingerprint density at radius 3 is 2.53 bits per heavy atom. The van der Waals surface area contributed by atoms with Gasteiger partial charge in [0.1, 0.15) is 0 Å². The monoisotopic (exact) mass is 248 g/mol. The summed E-state index contributed by atoms with van der Waals surface area (Å²) in [5.74, 6) is 0. The van der Waals surface area contributed by atoms with Crippen molar-refractivity contribution in [2.75, 3.05) is 0 Å². The Bertz CT molecular complexity index is 587. The first kappa shape index (κ1) is 11.9. The average molecular weight is 249 g/mol. The number of aromatic amines is 1. The molecule has 1 heterocycles. The molecule has 0 amide bonds. The lowest BCUT2D eigenvalue weighted by Crippen LogP contribution is -2.17. The molecular formula is C13H13ClN2O. The van der Waals surface area contributed by atoms with Gasteiger partial charge in [-0.1, -0.05) is 23.7 Å². The molecule has 0 spiro atoms. The van der Waals surface area contributed by atoms with Gasteiger partial charge in [-0.3, -0.25) is 4.79 Å². The highest BCUT2D eigenvalue weighted by Crippen LogP contribution is 2.23. The molecule has 0 aliphatic heterocycles. The number of rotatable bonds is 2. The van der Waals surface area contributed by atoms with E-state index < -0.39 is 0 Å². The van der Waals surface area contributed by atoms with E-state index >= 15 is 0 Å². The van der Waals surface area contributed by atoms with Gasteiger partial charge >= 0.3 is 0 Å². The maximum atomic E-state index is 11.6. The summed E-state index contributed by atoms with van der Waals surface area (Å²) in [6, 6.07) is 9.32. The third-order valence-corrected chi connectivity index (χ3v) is 2.94. The van der Waals surface area contributed by atoms with Crippen molar-refractivity contribution in [3.63, 3.8) is 0 Å². The second kappa shape index (κ2) is 4.73. The van der Waals surface area contributed by atoms with Crippen LogP contribution in [0.4, 0.5) is 0 Å². The van der Waals surface area contributed by atoms with E-state index in [0.717, 1.165) is 16.8 Å². The van der Waals surface area contributed by atoms with Crippen molar-refractivity contribution in [3.8, 4) is 11.1 Å². The van der Waals surface area contributed by atoms with Gasteiger partial charge in [-0.15, -0.1) is 0 Å².